The Kier molecular flexibility index (Phi) is 1.59. The van der Waals surface area contributed by atoms with E-state index in [1.807, 2.05) is 19.1 Å². The quantitative estimate of drug-likeness (QED) is 0.663. The summed E-state index contributed by atoms with van der Waals surface area (Å²) in [6.45, 7) is 1.92. The molecular formula is C11H8FNO2. The van der Waals surface area contributed by atoms with Gasteiger partial charge in [-0.05, 0) is 19.1 Å². The van der Waals surface area contributed by atoms with Gasteiger partial charge in [0.05, 0.1) is 0 Å². The van der Waals surface area contributed by atoms with E-state index in [9.17, 15) is 4.39 Å². The normalized spacial score (nSPS) is 18.9. The van der Waals surface area contributed by atoms with Crippen molar-refractivity contribution in [2.45, 2.75) is 13.0 Å². The van der Waals surface area contributed by atoms with Crippen LogP contribution in [0.4, 0.5) is 4.39 Å². The summed E-state index contributed by atoms with van der Waals surface area (Å²) in [5.41, 5.74) is 1.63. The minimum atomic E-state index is -0.628. The number of aromatic nitrogens is 1. The molecule has 1 atom stereocenters. The lowest BCUT2D eigenvalue weighted by Gasteiger charge is -2.16. The van der Waals surface area contributed by atoms with Crippen molar-refractivity contribution in [1.82, 2.24) is 4.98 Å². The molecule has 0 saturated heterocycles. The van der Waals surface area contributed by atoms with E-state index in [4.69, 9.17) is 9.15 Å². The molecule has 1 unspecified atom stereocenters. The molecule has 15 heavy (non-hydrogen) atoms. The Labute approximate surface area is 85.2 Å². The number of nitrogens with zero attached hydrogens (tertiary/aromatic N) is 1. The Morgan fingerprint density at radius 3 is 3.13 bits per heavy atom. The van der Waals surface area contributed by atoms with Crippen LogP contribution in [0, 0.1) is 6.01 Å². The molecule has 76 valence electrons. The number of hydrogen-bond acceptors (Lipinski definition) is 3. The summed E-state index contributed by atoms with van der Waals surface area (Å²) in [5, 5.41) is 0. The fraction of sp³-hybridized carbons (Fsp3) is 0.182. The van der Waals surface area contributed by atoms with E-state index in [1.165, 1.54) is 6.07 Å². The third-order valence-electron chi connectivity index (χ3n) is 2.30. The second-order valence-corrected chi connectivity index (χ2v) is 3.49. The third-order valence-corrected chi connectivity index (χ3v) is 2.30. The Balaban J connectivity index is 2.25. The number of halogens is 1. The highest BCUT2D eigenvalue weighted by Crippen LogP contribution is 2.29. The molecule has 0 fully saturated rings. The molecule has 0 amide bonds. The second-order valence-electron chi connectivity index (χ2n) is 3.49. The summed E-state index contributed by atoms with van der Waals surface area (Å²) >= 11 is 0. The number of rotatable bonds is 0. The van der Waals surface area contributed by atoms with Gasteiger partial charge in [0.25, 0.3) is 6.01 Å². The molecule has 2 aromatic heterocycles. The van der Waals surface area contributed by atoms with E-state index in [2.05, 4.69) is 4.98 Å². The molecule has 4 heteroatoms. The Hall–Kier alpha value is -1.84. The van der Waals surface area contributed by atoms with Crippen molar-refractivity contribution in [3.8, 4) is 5.75 Å². The van der Waals surface area contributed by atoms with Crippen molar-refractivity contribution >= 4 is 17.2 Å². The van der Waals surface area contributed by atoms with Crippen LogP contribution >= 0.6 is 0 Å². The summed E-state index contributed by atoms with van der Waals surface area (Å²) < 4.78 is 23.2. The van der Waals surface area contributed by atoms with Gasteiger partial charge in [0, 0.05) is 12.1 Å². The van der Waals surface area contributed by atoms with E-state index in [1.54, 1.807) is 6.07 Å². The van der Waals surface area contributed by atoms with Crippen LogP contribution in [0.3, 0.4) is 0 Å². The van der Waals surface area contributed by atoms with Gasteiger partial charge >= 0.3 is 0 Å². The SMILES string of the molecule is CC1C=Cc2nc3cc(F)oc3cc2O1. The van der Waals surface area contributed by atoms with Crippen molar-refractivity contribution in [2.24, 2.45) is 0 Å². The monoisotopic (exact) mass is 205 g/mol. The first kappa shape index (κ1) is 8.47. The zero-order chi connectivity index (χ0) is 10.4. The van der Waals surface area contributed by atoms with Crippen molar-refractivity contribution in [1.29, 1.82) is 0 Å². The van der Waals surface area contributed by atoms with Crippen LogP contribution in [-0.2, 0) is 0 Å². The van der Waals surface area contributed by atoms with E-state index in [-0.39, 0.29) is 6.10 Å². The van der Waals surface area contributed by atoms with Crippen molar-refractivity contribution < 1.29 is 13.5 Å². The zero-order valence-corrected chi connectivity index (χ0v) is 8.03. The molecule has 0 N–H and O–H groups in total. The van der Waals surface area contributed by atoms with E-state index in [0.717, 1.165) is 0 Å². The second kappa shape index (κ2) is 2.82. The molecule has 0 aromatic carbocycles. The number of pyridine rings is 1. The summed E-state index contributed by atoms with van der Waals surface area (Å²) in [7, 11) is 0. The molecular weight excluding hydrogens is 197 g/mol. The molecule has 3 rings (SSSR count). The van der Waals surface area contributed by atoms with Crippen molar-refractivity contribution in [3.05, 3.63) is 29.9 Å². The van der Waals surface area contributed by atoms with Gasteiger partial charge < -0.3 is 9.15 Å². The maximum absolute atomic E-state index is 12.8. The maximum Gasteiger partial charge on any atom is 0.280 e. The molecule has 1 aliphatic heterocycles. The molecule has 3 nitrogen and oxygen atoms in total. The average Bonchev–Trinajstić information content (AvgIpc) is 2.53. The predicted octanol–water partition coefficient (Wildman–Crippen LogP) is 2.76. The smallest absolute Gasteiger partial charge is 0.280 e. The number of fused-ring (bicyclic) bond motifs is 2. The molecule has 0 saturated carbocycles. The van der Waals surface area contributed by atoms with Crippen molar-refractivity contribution in [3.63, 3.8) is 0 Å². The van der Waals surface area contributed by atoms with Gasteiger partial charge in [-0.1, -0.05) is 0 Å². The molecule has 0 bridgehead atoms. The first-order valence-electron chi connectivity index (χ1n) is 4.67. The van der Waals surface area contributed by atoms with Gasteiger partial charge in [-0.15, -0.1) is 0 Å². The van der Waals surface area contributed by atoms with Gasteiger partial charge in [-0.25, -0.2) is 4.98 Å². The topological polar surface area (TPSA) is 35.3 Å². The molecule has 0 radical (unpaired) electrons. The summed E-state index contributed by atoms with van der Waals surface area (Å²) in [6, 6.07) is 2.30. The third kappa shape index (κ3) is 1.29. The molecule has 0 aliphatic carbocycles. The summed E-state index contributed by atoms with van der Waals surface area (Å²) in [6.07, 6.45) is 3.78. The highest BCUT2D eigenvalue weighted by Gasteiger charge is 2.15. The van der Waals surface area contributed by atoms with Crippen LogP contribution in [0.5, 0.6) is 5.75 Å². The highest BCUT2D eigenvalue weighted by atomic mass is 19.1. The van der Waals surface area contributed by atoms with Crippen LogP contribution in [0.25, 0.3) is 17.2 Å². The van der Waals surface area contributed by atoms with Gasteiger partial charge in [-0.3, -0.25) is 0 Å². The lowest BCUT2D eigenvalue weighted by molar-refractivity contribution is 0.264. The molecule has 0 spiro atoms. The Morgan fingerprint density at radius 1 is 1.40 bits per heavy atom. The largest absolute Gasteiger partial charge is 0.484 e. The minimum absolute atomic E-state index is 0.0107. The van der Waals surface area contributed by atoms with Crippen LogP contribution in [0.2, 0.25) is 0 Å². The lowest BCUT2D eigenvalue weighted by atomic mass is 10.2. The molecule has 1 aliphatic rings. The highest BCUT2D eigenvalue weighted by molar-refractivity contribution is 5.77. The average molecular weight is 205 g/mol. The lowest BCUT2D eigenvalue weighted by Crippen LogP contribution is -2.12. The van der Waals surface area contributed by atoms with E-state index >= 15 is 0 Å². The fourth-order valence-corrected chi connectivity index (χ4v) is 1.61. The van der Waals surface area contributed by atoms with Crippen LogP contribution in [-0.4, -0.2) is 11.1 Å². The van der Waals surface area contributed by atoms with Crippen LogP contribution < -0.4 is 4.74 Å². The Morgan fingerprint density at radius 2 is 2.27 bits per heavy atom. The van der Waals surface area contributed by atoms with Gasteiger partial charge in [-0.2, -0.15) is 4.39 Å². The number of furan rings is 1. The summed E-state index contributed by atoms with van der Waals surface area (Å²) in [5.74, 6) is 0.631. The molecule has 2 aromatic rings. The van der Waals surface area contributed by atoms with Gasteiger partial charge in [0.2, 0.25) is 0 Å². The zero-order valence-electron chi connectivity index (χ0n) is 8.03. The summed E-state index contributed by atoms with van der Waals surface area (Å²) in [4.78, 5) is 4.23. The standard InChI is InChI=1S/C11H8FNO2/c1-6-2-3-7-9(14-6)5-10-8(13-7)4-11(12)15-10/h2-6H,1H3. The maximum atomic E-state index is 12.8. The van der Waals surface area contributed by atoms with E-state index in [0.29, 0.717) is 22.5 Å². The van der Waals surface area contributed by atoms with Gasteiger partial charge in [0.15, 0.2) is 5.58 Å². The fourth-order valence-electron chi connectivity index (χ4n) is 1.61. The predicted molar refractivity (Wildman–Crippen MR) is 53.1 cm³/mol. The van der Waals surface area contributed by atoms with Crippen LogP contribution in [0.1, 0.15) is 12.6 Å². The number of hydrogen-bond donors (Lipinski definition) is 0. The first-order chi connectivity index (χ1) is 7.22. The first-order valence-corrected chi connectivity index (χ1v) is 4.67. The van der Waals surface area contributed by atoms with Crippen molar-refractivity contribution in [2.75, 3.05) is 0 Å². The molecule has 3 heterocycles. The Bertz CT molecular complexity index is 559. The number of ether oxygens (including phenoxy) is 1. The van der Waals surface area contributed by atoms with Gasteiger partial charge in [0.1, 0.15) is 23.1 Å². The van der Waals surface area contributed by atoms with E-state index < -0.39 is 6.01 Å². The van der Waals surface area contributed by atoms with Crippen LogP contribution in [0.15, 0.2) is 22.6 Å². The minimum Gasteiger partial charge on any atom is -0.484 e.